The normalized spacial score (nSPS) is 11.1. The van der Waals surface area contributed by atoms with Crippen LogP contribution in [0.25, 0.3) is 0 Å². The number of nitrogens with one attached hydrogen (secondary N) is 1. The lowest BCUT2D eigenvalue weighted by atomic mass is 10.4. The summed E-state index contributed by atoms with van der Waals surface area (Å²) in [5.41, 5.74) is 0. The van der Waals surface area contributed by atoms with Gasteiger partial charge < -0.3 is 10.0 Å². The van der Waals surface area contributed by atoms with Gasteiger partial charge in [0, 0.05) is 13.6 Å². The molecule has 1 aromatic rings. The zero-order chi connectivity index (χ0) is 15.2. The Morgan fingerprint density at radius 3 is 2.40 bits per heavy atom. The highest BCUT2D eigenvalue weighted by atomic mass is 32.2. The minimum absolute atomic E-state index is 0.0290. The maximum absolute atomic E-state index is 11.8. The molecule has 1 aromatic carbocycles. The molecule has 110 valence electrons. The number of hydrogen-bond acceptors (Lipinski definition) is 4. The number of benzene rings is 1. The molecule has 0 aliphatic rings. The number of carboxylic acids is 1. The quantitative estimate of drug-likeness (QED) is 0.731. The second-order valence-electron chi connectivity index (χ2n) is 4.10. The maximum Gasteiger partial charge on any atom is 0.305 e. The van der Waals surface area contributed by atoms with Gasteiger partial charge in [0.1, 0.15) is 0 Å². The third kappa shape index (κ3) is 4.98. The molecule has 0 aliphatic carbocycles. The summed E-state index contributed by atoms with van der Waals surface area (Å²) in [7, 11) is -2.32. The van der Waals surface area contributed by atoms with Gasteiger partial charge in [-0.3, -0.25) is 9.59 Å². The van der Waals surface area contributed by atoms with Crippen molar-refractivity contribution in [2.45, 2.75) is 11.3 Å². The number of likely N-dealkylation sites (N-methyl/N-ethyl adjacent to an activating group) is 1. The fourth-order valence-corrected chi connectivity index (χ4v) is 2.36. The molecule has 1 amide bonds. The van der Waals surface area contributed by atoms with Crippen LogP contribution in [0, 0.1) is 0 Å². The van der Waals surface area contributed by atoms with Crippen LogP contribution in [-0.4, -0.2) is 50.4 Å². The Balaban J connectivity index is 2.54. The van der Waals surface area contributed by atoms with E-state index >= 15 is 0 Å². The summed E-state index contributed by atoms with van der Waals surface area (Å²) in [6, 6.07) is 7.68. The minimum atomic E-state index is -3.73. The van der Waals surface area contributed by atoms with Crippen LogP contribution in [0.2, 0.25) is 0 Å². The number of sulfonamides is 1. The molecule has 0 spiro atoms. The van der Waals surface area contributed by atoms with Crippen molar-refractivity contribution in [3.63, 3.8) is 0 Å². The van der Waals surface area contributed by atoms with Crippen LogP contribution in [0.4, 0.5) is 0 Å². The Bertz CT molecular complexity index is 571. The first kappa shape index (κ1) is 16.1. The molecule has 0 aromatic heterocycles. The molecule has 0 bridgehead atoms. The highest BCUT2D eigenvalue weighted by Gasteiger charge is 2.17. The summed E-state index contributed by atoms with van der Waals surface area (Å²) in [6.45, 7) is -0.380. The fourth-order valence-electron chi connectivity index (χ4n) is 1.36. The van der Waals surface area contributed by atoms with Crippen molar-refractivity contribution in [3.8, 4) is 0 Å². The van der Waals surface area contributed by atoms with E-state index in [0.29, 0.717) is 0 Å². The van der Waals surface area contributed by atoms with Crippen molar-refractivity contribution in [3.05, 3.63) is 30.3 Å². The van der Waals surface area contributed by atoms with Crippen LogP contribution < -0.4 is 4.72 Å². The van der Waals surface area contributed by atoms with Gasteiger partial charge in [-0.1, -0.05) is 18.2 Å². The lowest BCUT2D eigenvalue weighted by molar-refractivity contribution is -0.138. The molecule has 0 aliphatic heterocycles. The van der Waals surface area contributed by atoms with Gasteiger partial charge in [0.15, 0.2) is 0 Å². The Hall–Kier alpha value is -1.93. The smallest absolute Gasteiger partial charge is 0.305 e. The van der Waals surface area contributed by atoms with E-state index in [1.165, 1.54) is 24.1 Å². The van der Waals surface area contributed by atoms with E-state index in [0.717, 1.165) is 0 Å². The molecule has 7 nitrogen and oxygen atoms in total. The van der Waals surface area contributed by atoms with Gasteiger partial charge in [0.25, 0.3) is 0 Å². The molecule has 2 N–H and O–H groups in total. The fraction of sp³-hybridized carbons (Fsp3) is 0.333. The molecular formula is C12H16N2O5S. The highest BCUT2D eigenvalue weighted by molar-refractivity contribution is 7.89. The van der Waals surface area contributed by atoms with Crippen molar-refractivity contribution in [1.82, 2.24) is 9.62 Å². The Labute approximate surface area is 117 Å². The van der Waals surface area contributed by atoms with Crippen molar-refractivity contribution >= 4 is 21.9 Å². The topological polar surface area (TPSA) is 104 Å². The van der Waals surface area contributed by atoms with Crippen LogP contribution in [0.3, 0.4) is 0 Å². The predicted molar refractivity (Wildman–Crippen MR) is 71.5 cm³/mol. The van der Waals surface area contributed by atoms with Crippen LogP contribution in [-0.2, 0) is 19.6 Å². The molecule has 0 saturated heterocycles. The Morgan fingerprint density at radius 1 is 1.25 bits per heavy atom. The van der Waals surface area contributed by atoms with E-state index in [1.807, 2.05) is 0 Å². The van der Waals surface area contributed by atoms with E-state index in [-0.39, 0.29) is 17.9 Å². The molecule has 0 atom stereocenters. The van der Waals surface area contributed by atoms with Crippen molar-refractivity contribution < 1.29 is 23.1 Å². The first-order valence-electron chi connectivity index (χ1n) is 5.83. The van der Waals surface area contributed by atoms with Gasteiger partial charge in [-0.2, -0.15) is 0 Å². The lowest BCUT2D eigenvalue weighted by Crippen LogP contribution is -2.38. The SMILES string of the molecule is CN(CCC(=O)O)C(=O)CNS(=O)(=O)c1ccccc1. The molecule has 0 heterocycles. The van der Waals surface area contributed by atoms with Gasteiger partial charge in [0.05, 0.1) is 17.9 Å². The van der Waals surface area contributed by atoms with E-state index in [1.54, 1.807) is 18.2 Å². The number of nitrogens with zero attached hydrogens (tertiary/aromatic N) is 1. The van der Waals surface area contributed by atoms with E-state index in [9.17, 15) is 18.0 Å². The lowest BCUT2D eigenvalue weighted by Gasteiger charge is -2.16. The number of carboxylic acid groups (broad SMARTS) is 1. The van der Waals surface area contributed by atoms with E-state index < -0.39 is 28.4 Å². The van der Waals surface area contributed by atoms with Gasteiger partial charge in [-0.15, -0.1) is 0 Å². The minimum Gasteiger partial charge on any atom is -0.481 e. The van der Waals surface area contributed by atoms with Crippen LogP contribution in [0.15, 0.2) is 35.2 Å². The van der Waals surface area contributed by atoms with Gasteiger partial charge in [-0.25, -0.2) is 13.1 Å². The van der Waals surface area contributed by atoms with E-state index in [4.69, 9.17) is 5.11 Å². The summed E-state index contributed by atoms with van der Waals surface area (Å²) in [4.78, 5) is 23.3. The number of carbonyl (C=O) groups excluding carboxylic acids is 1. The van der Waals surface area contributed by atoms with Crippen LogP contribution >= 0.6 is 0 Å². The van der Waals surface area contributed by atoms with Gasteiger partial charge in [-0.05, 0) is 12.1 Å². The van der Waals surface area contributed by atoms with E-state index in [2.05, 4.69) is 4.72 Å². The van der Waals surface area contributed by atoms with Crippen molar-refractivity contribution in [2.75, 3.05) is 20.1 Å². The third-order valence-corrected chi connectivity index (χ3v) is 3.97. The third-order valence-electron chi connectivity index (χ3n) is 2.55. The van der Waals surface area contributed by atoms with Crippen molar-refractivity contribution in [1.29, 1.82) is 0 Å². The zero-order valence-electron chi connectivity index (χ0n) is 10.9. The number of aliphatic carboxylic acids is 1. The average Bonchev–Trinajstić information content (AvgIpc) is 2.43. The average molecular weight is 300 g/mol. The molecule has 0 saturated carbocycles. The predicted octanol–water partition coefficient (Wildman–Crippen LogP) is -0.102. The molecular weight excluding hydrogens is 284 g/mol. The number of hydrogen-bond donors (Lipinski definition) is 2. The number of amides is 1. The number of carbonyl (C=O) groups is 2. The van der Waals surface area contributed by atoms with Gasteiger partial charge >= 0.3 is 5.97 Å². The second-order valence-corrected chi connectivity index (χ2v) is 5.86. The summed E-state index contributed by atoms with van der Waals surface area (Å²) >= 11 is 0. The molecule has 1 rings (SSSR count). The summed E-state index contributed by atoms with van der Waals surface area (Å²) in [6.07, 6.45) is -0.187. The largest absolute Gasteiger partial charge is 0.481 e. The zero-order valence-corrected chi connectivity index (χ0v) is 11.8. The number of rotatable bonds is 7. The first-order chi connectivity index (χ1) is 9.33. The monoisotopic (exact) mass is 300 g/mol. The Morgan fingerprint density at radius 2 is 1.85 bits per heavy atom. The molecule has 0 radical (unpaired) electrons. The summed E-state index contributed by atoms with van der Waals surface area (Å²) < 4.78 is 25.9. The molecule has 0 fully saturated rings. The summed E-state index contributed by atoms with van der Waals surface area (Å²) in [5, 5.41) is 8.50. The standard InChI is InChI=1S/C12H16N2O5S/c1-14(8-7-12(16)17)11(15)9-13-20(18,19)10-5-3-2-4-6-10/h2-6,13H,7-9H2,1H3,(H,16,17). The molecule has 8 heteroatoms. The summed E-state index contributed by atoms with van der Waals surface area (Å²) in [5.74, 6) is -1.51. The molecule has 0 unspecified atom stereocenters. The van der Waals surface area contributed by atoms with Crippen molar-refractivity contribution in [2.24, 2.45) is 0 Å². The molecule has 20 heavy (non-hydrogen) atoms. The van der Waals surface area contributed by atoms with Crippen LogP contribution in [0.1, 0.15) is 6.42 Å². The van der Waals surface area contributed by atoms with Crippen LogP contribution in [0.5, 0.6) is 0 Å². The maximum atomic E-state index is 11.8. The first-order valence-corrected chi connectivity index (χ1v) is 7.31. The highest BCUT2D eigenvalue weighted by Crippen LogP contribution is 2.06. The van der Waals surface area contributed by atoms with Gasteiger partial charge in [0.2, 0.25) is 15.9 Å². The second kappa shape index (κ2) is 7.01. The Kier molecular flexibility index (Phi) is 5.66.